The molecule has 12 heteroatoms. The van der Waals surface area contributed by atoms with Crippen LogP contribution in [-0.2, 0) is 9.53 Å². The van der Waals surface area contributed by atoms with Crippen LogP contribution in [0.2, 0.25) is 10.0 Å². The summed E-state index contributed by atoms with van der Waals surface area (Å²) >= 11 is 13.2. The SMILES string of the molecule is CCC1=C(C(=O)OC)[C@H](c2ccccc2)n2c(s/c(=C/c3cc(Cl)cc(Cl)c3OCC(F)(F)F)c2=O)=N1. The summed E-state index contributed by atoms with van der Waals surface area (Å²) in [5.41, 5.74) is 0.943. The van der Waals surface area contributed by atoms with Crippen LogP contribution < -0.4 is 19.6 Å². The van der Waals surface area contributed by atoms with Crippen LogP contribution in [0.25, 0.3) is 6.08 Å². The summed E-state index contributed by atoms with van der Waals surface area (Å²) in [5, 5.41) is 0.00553. The third kappa shape index (κ3) is 5.61. The lowest BCUT2D eigenvalue weighted by Gasteiger charge is -2.25. The Morgan fingerprint density at radius 3 is 2.54 bits per heavy atom. The third-order valence-corrected chi connectivity index (χ3v) is 6.95. The molecule has 0 saturated heterocycles. The molecule has 0 radical (unpaired) electrons. The van der Waals surface area contributed by atoms with Gasteiger partial charge in [-0.15, -0.1) is 0 Å². The second kappa shape index (κ2) is 10.7. The molecule has 0 spiro atoms. The Morgan fingerprint density at radius 1 is 1.22 bits per heavy atom. The van der Waals surface area contributed by atoms with Crippen LogP contribution in [0.15, 0.2) is 63.5 Å². The Kier molecular flexibility index (Phi) is 7.82. The van der Waals surface area contributed by atoms with E-state index in [-0.39, 0.29) is 31.5 Å². The van der Waals surface area contributed by atoms with E-state index in [0.717, 1.165) is 11.3 Å². The number of methoxy groups -OCH3 is 1. The van der Waals surface area contributed by atoms with Crippen LogP contribution in [0.3, 0.4) is 0 Å². The first-order valence-corrected chi connectivity index (χ1v) is 12.5. The number of benzene rings is 2. The highest BCUT2D eigenvalue weighted by molar-refractivity contribution is 7.07. The Bertz CT molecular complexity index is 1560. The molecule has 4 rings (SSSR count). The van der Waals surface area contributed by atoms with E-state index < -0.39 is 30.4 Å². The molecule has 0 bridgehead atoms. The van der Waals surface area contributed by atoms with Gasteiger partial charge in [0.05, 0.1) is 34.0 Å². The quantitative estimate of drug-likeness (QED) is 0.389. The maximum atomic E-state index is 13.7. The van der Waals surface area contributed by atoms with Gasteiger partial charge in [0.15, 0.2) is 11.4 Å². The van der Waals surface area contributed by atoms with E-state index in [0.29, 0.717) is 22.5 Å². The Balaban J connectivity index is 1.96. The van der Waals surface area contributed by atoms with Gasteiger partial charge in [0.25, 0.3) is 5.56 Å². The lowest BCUT2D eigenvalue weighted by molar-refractivity contribution is -0.153. The van der Waals surface area contributed by atoms with Crippen LogP contribution in [0.5, 0.6) is 5.75 Å². The molecule has 0 N–H and O–H groups in total. The van der Waals surface area contributed by atoms with Crippen molar-refractivity contribution in [1.29, 1.82) is 0 Å². The highest BCUT2D eigenvalue weighted by atomic mass is 35.5. The van der Waals surface area contributed by atoms with Gasteiger partial charge in [-0.25, -0.2) is 9.79 Å². The molecule has 3 aromatic rings. The molecule has 2 aromatic carbocycles. The van der Waals surface area contributed by atoms with Gasteiger partial charge in [-0.3, -0.25) is 9.36 Å². The Hall–Kier alpha value is -3.08. The number of carbonyl (C=O) groups is 1. The van der Waals surface area contributed by atoms with E-state index in [1.165, 1.54) is 29.9 Å². The first kappa shape index (κ1) is 27.0. The van der Waals surface area contributed by atoms with E-state index in [9.17, 15) is 22.8 Å². The summed E-state index contributed by atoms with van der Waals surface area (Å²) in [6, 6.07) is 10.7. The number of alkyl halides is 3. The maximum Gasteiger partial charge on any atom is 0.422 e. The number of halogens is 5. The summed E-state index contributed by atoms with van der Waals surface area (Å²) in [5.74, 6) is -0.883. The molecule has 1 aromatic heterocycles. The van der Waals surface area contributed by atoms with Crippen molar-refractivity contribution in [2.75, 3.05) is 13.7 Å². The molecule has 6 nitrogen and oxygen atoms in total. The fourth-order valence-electron chi connectivity index (χ4n) is 3.95. The highest BCUT2D eigenvalue weighted by Crippen LogP contribution is 2.35. The van der Waals surface area contributed by atoms with Gasteiger partial charge in [-0.1, -0.05) is 71.8 Å². The zero-order valence-electron chi connectivity index (χ0n) is 19.4. The molecule has 37 heavy (non-hydrogen) atoms. The molecular weight excluding hydrogens is 552 g/mol. The molecule has 0 aliphatic carbocycles. The predicted molar refractivity (Wildman–Crippen MR) is 135 cm³/mol. The van der Waals surface area contributed by atoms with Crippen LogP contribution >= 0.6 is 34.5 Å². The topological polar surface area (TPSA) is 69.9 Å². The molecule has 1 aliphatic rings. The van der Waals surface area contributed by atoms with E-state index in [1.54, 1.807) is 30.3 Å². The second-order valence-corrected chi connectivity index (χ2v) is 9.76. The monoisotopic (exact) mass is 570 g/mol. The van der Waals surface area contributed by atoms with Gasteiger partial charge in [0.2, 0.25) is 0 Å². The molecule has 0 unspecified atom stereocenters. The summed E-state index contributed by atoms with van der Waals surface area (Å²) in [6.07, 6.45) is -2.85. The van der Waals surface area contributed by atoms with Gasteiger partial charge in [-0.2, -0.15) is 13.2 Å². The number of thiazole rings is 1. The largest absolute Gasteiger partial charge is 0.482 e. The normalized spacial score (nSPS) is 15.9. The number of nitrogens with zero attached hydrogens (tertiary/aromatic N) is 2. The van der Waals surface area contributed by atoms with E-state index in [1.807, 2.05) is 6.92 Å². The fourth-order valence-corrected chi connectivity index (χ4v) is 5.52. The predicted octanol–water partition coefficient (Wildman–Crippen LogP) is 5.05. The number of ether oxygens (including phenoxy) is 2. The van der Waals surface area contributed by atoms with Crippen LogP contribution in [0.1, 0.15) is 30.5 Å². The number of hydrogen-bond donors (Lipinski definition) is 0. The molecule has 194 valence electrons. The number of aromatic nitrogens is 1. The van der Waals surface area contributed by atoms with Crippen molar-refractivity contribution in [2.24, 2.45) is 4.99 Å². The van der Waals surface area contributed by atoms with Gasteiger partial charge in [-0.05, 0) is 30.2 Å². The summed E-state index contributed by atoms with van der Waals surface area (Å²) in [4.78, 5) is 31.4. The number of rotatable bonds is 6. The number of carbonyl (C=O) groups excluding carboxylic acids is 1. The van der Waals surface area contributed by atoms with Crippen molar-refractivity contribution in [2.45, 2.75) is 25.6 Å². The van der Waals surface area contributed by atoms with Crippen LogP contribution in [-0.4, -0.2) is 30.4 Å². The number of fused-ring (bicyclic) bond motifs is 1. The van der Waals surface area contributed by atoms with E-state index >= 15 is 0 Å². The first-order chi connectivity index (χ1) is 17.5. The lowest BCUT2D eigenvalue weighted by atomic mass is 9.95. The third-order valence-electron chi connectivity index (χ3n) is 5.47. The van der Waals surface area contributed by atoms with Crippen molar-refractivity contribution in [3.8, 4) is 5.75 Å². The molecule has 0 fully saturated rings. The molecule has 1 atom stereocenters. The zero-order chi connectivity index (χ0) is 26.9. The van der Waals surface area contributed by atoms with Crippen LogP contribution in [0, 0.1) is 0 Å². The summed E-state index contributed by atoms with van der Waals surface area (Å²) < 4.78 is 49.9. The second-order valence-electron chi connectivity index (χ2n) is 7.91. The average Bonchev–Trinajstić information content (AvgIpc) is 3.16. The first-order valence-electron chi connectivity index (χ1n) is 10.9. The molecular formula is C25H19Cl2F3N2O4S. The van der Waals surface area contributed by atoms with Crippen molar-refractivity contribution in [3.05, 3.63) is 94.6 Å². The van der Waals surface area contributed by atoms with Crippen molar-refractivity contribution in [1.82, 2.24) is 4.57 Å². The summed E-state index contributed by atoms with van der Waals surface area (Å²) in [7, 11) is 1.25. The van der Waals surface area contributed by atoms with Gasteiger partial charge >= 0.3 is 12.1 Å². The maximum absolute atomic E-state index is 13.7. The smallest absolute Gasteiger partial charge is 0.422 e. The molecule has 0 saturated carbocycles. The standard InChI is InChI=1S/C25H19Cl2F3N2O4S/c1-3-17-19(23(34)35-2)20(13-7-5-4-6-8-13)32-22(33)18(37-24(32)31-17)10-14-9-15(26)11-16(27)21(14)36-12-25(28,29)30/h4-11,20H,3,12H2,1-2H3/b18-10+/t20-/m0/s1. The number of esters is 1. The van der Waals surface area contributed by atoms with E-state index in [4.69, 9.17) is 32.7 Å². The van der Waals surface area contributed by atoms with Gasteiger partial charge in [0.1, 0.15) is 5.75 Å². The Labute approximate surface area is 222 Å². The lowest BCUT2D eigenvalue weighted by Crippen LogP contribution is -2.40. The number of hydrogen-bond acceptors (Lipinski definition) is 6. The fraction of sp³-hybridized carbons (Fsp3) is 0.240. The van der Waals surface area contributed by atoms with Crippen molar-refractivity contribution < 1.29 is 27.4 Å². The van der Waals surface area contributed by atoms with E-state index in [2.05, 4.69) is 4.99 Å². The minimum Gasteiger partial charge on any atom is -0.482 e. The summed E-state index contributed by atoms with van der Waals surface area (Å²) in [6.45, 7) is 0.253. The highest BCUT2D eigenvalue weighted by Gasteiger charge is 2.34. The molecule has 0 amide bonds. The minimum absolute atomic E-state index is 0.0890. The Morgan fingerprint density at radius 2 is 1.92 bits per heavy atom. The van der Waals surface area contributed by atoms with Crippen molar-refractivity contribution >= 4 is 46.6 Å². The molecule has 2 heterocycles. The average molecular weight is 571 g/mol. The number of allylic oxidation sites excluding steroid dienone is 1. The zero-order valence-corrected chi connectivity index (χ0v) is 21.8. The van der Waals surface area contributed by atoms with Crippen LogP contribution in [0.4, 0.5) is 13.2 Å². The van der Waals surface area contributed by atoms with Gasteiger partial charge < -0.3 is 9.47 Å². The minimum atomic E-state index is -4.60. The van der Waals surface area contributed by atoms with Crippen molar-refractivity contribution in [3.63, 3.8) is 0 Å². The molecule has 1 aliphatic heterocycles. The van der Waals surface area contributed by atoms with Gasteiger partial charge in [0, 0.05) is 10.6 Å².